The zero-order chi connectivity index (χ0) is 11.3. The van der Waals surface area contributed by atoms with Crippen molar-refractivity contribution in [2.75, 3.05) is 26.3 Å². The molecule has 4 N–H and O–H groups in total. The van der Waals surface area contributed by atoms with E-state index in [1.54, 1.807) is 11.8 Å². The van der Waals surface area contributed by atoms with E-state index in [1.807, 2.05) is 0 Å². The Kier molecular flexibility index (Phi) is 4.70. The number of amidine groups is 1. The van der Waals surface area contributed by atoms with E-state index in [9.17, 15) is 4.79 Å². The van der Waals surface area contributed by atoms with Gasteiger partial charge in [-0.15, -0.1) is 0 Å². The van der Waals surface area contributed by atoms with Crippen LogP contribution in [0.4, 0.5) is 4.79 Å². The number of nitrogens with one attached hydrogen (secondary N) is 2. The Labute approximate surface area is 93.0 Å². The van der Waals surface area contributed by atoms with E-state index >= 15 is 0 Å². The number of amides is 2. The van der Waals surface area contributed by atoms with E-state index < -0.39 is 0 Å². The summed E-state index contributed by atoms with van der Waals surface area (Å²) in [5.41, 5.74) is 5.21. The van der Waals surface area contributed by atoms with Crippen LogP contribution in [-0.4, -0.2) is 47.8 Å². The van der Waals surface area contributed by atoms with E-state index in [4.69, 9.17) is 15.9 Å². The molecule has 1 aliphatic rings. The maximum absolute atomic E-state index is 11.6. The number of thioether (sulfide) groups is 1. The van der Waals surface area contributed by atoms with Crippen LogP contribution in [0.3, 0.4) is 0 Å². The number of urea groups is 1. The van der Waals surface area contributed by atoms with Gasteiger partial charge in [-0.05, 0) is 6.92 Å². The number of carbonyl (C=O) groups excluding carboxylic acids is 1. The molecule has 86 valence electrons. The second kappa shape index (κ2) is 5.82. The Hall–Kier alpha value is -0.950. The molecule has 0 spiro atoms. The number of morpholine rings is 1. The van der Waals surface area contributed by atoms with Crippen molar-refractivity contribution in [3.63, 3.8) is 0 Å². The molecule has 1 unspecified atom stereocenters. The third-order valence-corrected chi connectivity index (χ3v) is 2.65. The first-order chi connectivity index (χ1) is 7.09. The van der Waals surface area contributed by atoms with Crippen LogP contribution in [0, 0.1) is 5.41 Å². The smallest absolute Gasteiger partial charge is 0.318 e. The molecule has 0 radical (unpaired) electrons. The average molecular weight is 232 g/mol. The maximum Gasteiger partial charge on any atom is 0.318 e. The van der Waals surface area contributed by atoms with Crippen LogP contribution in [0.1, 0.15) is 6.92 Å². The lowest BCUT2D eigenvalue weighted by atomic mass is 10.4. The Bertz CT molecular complexity index is 243. The van der Waals surface area contributed by atoms with E-state index in [0.717, 1.165) is 11.8 Å². The SMILES string of the molecule is CC(NC(=O)N1CCOCC1)SC(=N)N. The van der Waals surface area contributed by atoms with Gasteiger partial charge in [0.1, 0.15) is 0 Å². The molecule has 15 heavy (non-hydrogen) atoms. The highest BCUT2D eigenvalue weighted by atomic mass is 32.2. The lowest BCUT2D eigenvalue weighted by molar-refractivity contribution is 0.0532. The van der Waals surface area contributed by atoms with Crippen LogP contribution in [0.2, 0.25) is 0 Å². The maximum atomic E-state index is 11.6. The molecule has 0 aromatic heterocycles. The fourth-order valence-corrected chi connectivity index (χ4v) is 1.79. The van der Waals surface area contributed by atoms with Gasteiger partial charge in [-0.2, -0.15) is 0 Å². The molecular formula is C8H16N4O2S. The normalized spacial score (nSPS) is 18.3. The molecule has 1 heterocycles. The molecule has 0 saturated carbocycles. The van der Waals surface area contributed by atoms with Gasteiger partial charge in [0.25, 0.3) is 0 Å². The summed E-state index contributed by atoms with van der Waals surface area (Å²) < 4.78 is 5.14. The predicted octanol–water partition coefficient (Wildman–Crippen LogP) is 0.000870. The Morgan fingerprint density at radius 2 is 2.20 bits per heavy atom. The van der Waals surface area contributed by atoms with Gasteiger partial charge in [-0.3, -0.25) is 5.41 Å². The molecule has 1 fully saturated rings. The summed E-state index contributed by atoms with van der Waals surface area (Å²) in [6.07, 6.45) is 0. The first-order valence-electron chi connectivity index (χ1n) is 4.73. The second-order valence-electron chi connectivity index (χ2n) is 3.17. The highest BCUT2D eigenvalue weighted by Gasteiger charge is 2.18. The number of ether oxygens (including phenoxy) is 1. The van der Waals surface area contributed by atoms with Gasteiger partial charge in [0.2, 0.25) is 0 Å². The van der Waals surface area contributed by atoms with Crippen LogP contribution in [0.15, 0.2) is 0 Å². The van der Waals surface area contributed by atoms with Crippen LogP contribution in [-0.2, 0) is 4.74 Å². The van der Waals surface area contributed by atoms with E-state index in [1.165, 1.54) is 0 Å². The van der Waals surface area contributed by atoms with Gasteiger partial charge in [0, 0.05) is 13.1 Å². The van der Waals surface area contributed by atoms with Gasteiger partial charge in [-0.25, -0.2) is 4.79 Å². The molecule has 1 rings (SSSR count). The minimum atomic E-state index is -0.183. The van der Waals surface area contributed by atoms with Crippen molar-refractivity contribution in [1.82, 2.24) is 10.2 Å². The monoisotopic (exact) mass is 232 g/mol. The Morgan fingerprint density at radius 3 is 2.73 bits per heavy atom. The molecule has 1 atom stereocenters. The average Bonchev–Trinajstić information content (AvgIpc) is 2.17. The minimum absolute atomic E-state index is 0.00442. The number of carbonyl (C=O) groups is 1. The Balaban J connectivity index is 2.30. The summed E-state index contributed by atoms with van der Waals surface area (Å²) >= 11 is 1.12. The molecule has 0 bridgehead atoms. The van der Waals surface area contributed by atoms with E-state index in [0.29, 0.717) is 26.3 Å². The van der Waals surface area contributed by atoms with Crippen LogP contribution in [0.25, 0.3) is 0 Å². The third-order valence-electron chi connectivity index (χ3n) is 1.93. The van der Waals surface area contributed by atoms with E-state index in [-0.39, 0.29) is 16.6 Å². The molecule has 1 saturated heterocycles. The van der Waals surface area contributed by atoms with Crippen molar-refractivity contribution >= 4 is 23.0 Å². The summed E-state index contributed by atoms with van der Waals surface area (Å²) in [6, 6.07) is -0.125. The predicted molar refractivity (Wildman–Crippen MR) is 59.9 cm³/mol. The number of nitrogens with zero attached hydrogens (tertiary/aromatic N) is 1. The fraction of sp³-hybridized carbons (Fsp3) is 0.750. The summed E-state index contributed by atoms with van der Waals surface area (Å²) in [5, 5.41) is 9.65. The minimum Gasteiger partial charge on any atom is -0.379 e. The summed E-state index contributed by atoms with van der Waals surface area (Å²) in [5.74, 6) is 0. The number of hydrogen-bond acceptors (Lipinski definition) is 4. The summed E-state index contributed by atoms with van der Waals surface area (Å²) in [4.78, 5) is 13.3. The van der Waals surface area contributed by atoms with Crippen molar-refractivity contribution in [3.8, 4) is 0 Å². The molecule has 0 aliphatic carbocycles. The highest BCUT2D eigenvalue weighted by molar-refractivity contribution is 8.14. The number of hydrogen-bond donors (Lipinski definition) is 3. The summed E-state index contributed by atoms with van der Waals surface area (Å²) in [7, 11) is 0. The largest absolute Gasteiger partial charge is 0.379 e. The van der Waals surface area contributed by atoms with Crippen LogP contribution in [0.5, 0.6) is 0 Å². The van der Waals surface area contributed by atoms with Crippen molar-refractivity contribution in [3.05, 3.63) is 0 Å². The molecule has 2 amide bonds. The van der Waals surface area contributed by atoms with Gasteiger partial charge in [0.05, 0.1) is 18.6 Å². The first-order valence-corrected chi connectivity index (χ1v) is 5.61. The molecule has 1 aliphatic heterocycles. The standard InChI is InChI=1S/C8H16N4O2S/c1-6(15-7(9)10)11-8(13)12-2-4-14-5-3-12/h6H,2-5H2,1H3,(H3,9,10)(H,11,13). The van der Waals surface area contributed by atoms with Gasteiger partial charge in [0.15, 0.2) is 5.17 Å². The number of nitrogens with two attached hydrogens (primary N) is 1. The first kappa shape index (κ1) is 12.1. The lowest BCUT2D eigenvalue weighted by Crippen LogP contribution is -2.48. The molecule has 0 aromatic rings. The van der Waals surface area contributed by atoms with Crippen molar-refractivity contribution in [2.24, 2.45) is 5.73 Å². The van der Waals surface area contributed by atoms with Crippen LogP contribution >= 0.6 is 11.8 Å². The highest BCUT2D eigenvalue weighted by Crippen LogP contribution is 2.07. The van der Waals surface area contributed by atoms with Gasteiger partial charge >= 0.3 is 6.03 Å². The van der Waals surface area contributed by atoms with Gasteiger partial charge < -0.3 is 20.7 Å². The molecular weight excluding hydrogens is 216 g/mol. The zero-order valence-electron chi connectivity index (χ0n) is 8.66. The lowest BCUT2D eigenvalue weighted by Gasteiger charge is -2.28. The number of rotatable bonds is 2. The fourth-order valence-electron chi connectivity index (χ4n) is 1.25. The second-order valence-corrected chi connectivity index (χ2v) is 4.56. The van der Waals surface area contributed by atoms with Crippen LogP contribution < -0.4 is 11.1 Å². The third kappa shape index (κ3) is 4.39. The van der Waals surface area contributed by atoms with Gasteiger partial charge in [-0.1, -0.05) is 11.8 Å². The molecule has 6 nitrogen and oxygen atoms in total. The molecule has 0 aromatic carbocycles. The van der Waals surface area contributed by atoms with Crippen molar-refractivity contribution in [2.45, 2.75) is 12.3 Å². The van der Waals surface area contributed by atoms with Crippen molar-refractivity contribution < 1.29 is 9.53 Å². The topological polar surface area (TPSA) is 91.4 Å². The Morgan fingerprint density at radius 1 is 1.60 bits per heavy atom. The van der Waals surface area contributed by atoms with E-state index in [2.05, 4.69) is 5.32 Å². The van der Waals surface area contributed by atoms with Crippen molar-refractivity contribution in [1.29, 1.82) is 5.41 Å². The summed E-state index contributed by atoms with van der Waals surface area (Å²) in [6.45, 7) is 4.19. The quantitative estimate of drug-likeness (QED) is 0.355. The zero-order valence-corrected chi connectivity index (χ0v) is 9.47. The molecule has 7 heteroatoms.